The van der Waals surface area contributed by atoms with Crippen molar-refractivity contribution in [2.45, 2.75) is 24.1 Å². The number of aliphatic hydroxyl groups is 1. The van der Waals surface area contributed by atoms with E-state index in [1.807, 2.05) is 30.3 Å². The zero-order chi connectivity index (χ0) is 16.4. The molecule has 5 heteroatoms. The van der Waals surface area contributed by atoms with Gasteiger partial charge in [0.15, 0.2) is 6.23 Å². The van der Waals surface area contributed by atoms with Gasteiger partial charge >= 0.3 is 0 Å². The third kappa shape index (κ3) is 2.81. The van der Waals surface area contributed by atoms with Gasteiger partial charge in [0.05, 0.1) is 12.5 Å². The number of fused-ring (bicyclic) bond motifs is 1. The topological polar surface area (TPSA) is 64.3 Å². The van der Waals surface area contributed by atoms with Crippen molar-refractivity contribution in [2.24, 2.45) is 0 Å². The van der Waals surface area contributed by atoms with E-state index >= 15 is 0 Å². The zero-order valence-electron chi connectivity index (χ0n) is 12.3. The van der Waals surface area contributed by atoms with E-state index in [0.29, 0.717) is 11.1 Å². The summed E-state index contributed by atoms with van der Waals surface area (Å²) in [5, 5.41) is 19.2. The maximum Gasteiger partial charge on any atom is 0.230 e. The number of carbonyl (C=O) groups excluding carboxylic acids is 1. The molecule has 0 unspecified atom stereocenters. The number of alkyl halides is 1. The van der Waals surface area contributed by atoms with E-state index in [0.717, 1.165) is 5.56 Å². The van der Waals surface area contributed by atoms with Crippen molar-refractivity contribution in [1.29, 1.82) is 5.26 Å². The fourth-order valence-electron chi connectivity index (χ4n) is 2.90. The first-order valence-electron chi connectivity index (χ1n) is 7.29. The number of carbonyl (C=O) groups is 1. The average molecular weight is 327 g/mol. The Kier molecular flexibility index (Phi) is 4.33. The van der Waals surface area contributed by atoms with Gasteiger partial charge in [-0.05, 0) is 16.7 Å². The Morgan fingerprint density at radius 1 is 1.13 bits per heavy atom. The molecule has 3 atom stereocenters. The first-order valence-corrected chi connectivity index (χ1v) is 7.73. The number of halogens is 1. The number of hydrogen-bond donors (Lipinski definition) is 1. The lowest BCUT2D eigenvalue weighted by Crippen LogP contribution is -2.48. The Labute approximate surface area is 139 Å². The maximum absolute atomic E-state index is 12.7. The Hall–Kier alpha value is -2.35. The Morgan fingerprint density at radius 2 is 1.74 bits per heavy atom. The first kappa shape index (κ1) is 15.5. The highest BCUT2D eigenvalue weighted by atomic mass is 35.5. The normalized spacial score (nSPS) is 23.0. The summed E-state index contributed by atoms with van der Waals surface area (Å²) in [5.41, 5.74) is 2.19. The summed E-state index contributed by atoms with van der Waals surface area (Å²) >= 11 is 6.31. The molecule has 4 nitrogen and oxygen atoms in total. The number of benzene rings is 2. The molecule has 1 amide bonds. The molecule has 1 N–H and O–H groups in total. The summed E-state index contributed by atoms with van der Waals surface area (Å²) in [6.07, 6.45) is -1.12. The minimum absolute atomic E-state index is 0.113. The quantitative estimate of drug-likeness (QED) is 0.863. The van der Waals surface area contributed by atoms with Crippen molar-refractivity contribution < 1.29 is 9.90 Å². The standard InChI is InChI=1S/C18H15ClN2O2/c19-17-14-9-5-4-8-13(14)15(11-20)21(18(17)23)16(22)10-12-6-2-1-3-7-12/h1-9,15,17-18,23H,10H2/t15-,17+,18-/m1/s1. The number of hydrogen-bond acceptors (Lipinski definition) is 3. The van der Waals surface area contributed by atoms with Crippen LogP contribution in [-0.4, -0.2) is 22.1 Å². The van der Waals surface area contributed by atoms with Crippen molar-refractivity contribution in [3.05, 3.63) is 71.3 Å². The van der Waals surface area contributed by atoms with Crippen molar-refractivity contribution in [1.82, 2.24) is 4.90 Å². The fourth-order valence-corrected chi connectivity index (χ4v) is 3.22. The van der Waals surface area contributed by atoms with Gasteiger partial charge < -0.3 is 5.11 Å². The molecule has 1 aliphatic heterocycles. The Balaban J connectivity index is 1.95. The van der Waals surface area contributed by atoms with E-state index in [-0.39, 0.29) is 12.3 Å². The van der Waals surface area contributed by atoms with E-state index in [9.17, 15) is 15.2 Å². The molecule has 0 aliphatic carbocycles. The van der Waals surface area contributed by atoms with Crippen LogP contribution in [0.1, 0.15) is 28.1 Å². The molecule has 1 heterocycles. The monoisotopic (exact) mass is 326 g/mol. The summed E-state index contributed by atoms with van der Waals surface area (Å²) in [6, 6.07) is 17.6. The van der Waals surface area contributed by atoms with Gasteiger partial charge in [-0.25, -0.2) is 0 Å². The van der Waals surface area contributed by atoms with Crippen LogP contribution < -0.4 is 0 Å². The summed E-state index contributed by atoms with van der Waals surface area (Å²) in [7, 11) is 0. The average Bonchev–Trinajstić information content (AvgIpc) is 2.58. The highest BCUT2D eigenvalue weighted by Gasteiger charge is 2.41. The highest BCUT2D eigenvalue weighted by molar-refractivity contribution is 6.21. The van der Waals surface area contributed by atoms with Gasteiger partial charge in [-0.1, -0.05) is 54.6 Å². The van der Waals surface area contributed by atoms with Crippen molar-refractivity contribution in [3.63, 3.8) is 0 Å². The van der Waals surface area contributed by atoms with E-state index < -0.39 is 17.6 Å². The van der Waals surface area contributed by atoms with Gasteiger partial charge in [-0.15, -0.1) is 11.6 Å². The van der Waals surface area contributed by atoms with Gasteiger partial charge in [0.25, 0.3) is 0 Å². The van der Waals surface area contributed by atoms with Crippen LogP contribution in [0.15, 0.2) is 54.6 Å². The lowest BCUT2D eigenvalue weighted by atomic mass is 9.91. The minimum atomic E-state index is -1.23. The van der Waals surface area contributed by atoms with Crippen LogP contribution in [0.2, 0.25) is 0 Å². The number of amides is 1. The number of aliphatic hydroxyl groups excluding tert-OH is 1. The van der Waals surface area contributed by atoms with Crippen LogP contribution in [0.5, 0.6) is 0 Å². The molecule has 116 valence electrons. The molecule has 0 saturated carbocycles. The molecule has 0 bridgehead atoms. The highest BCUT2D eigenvalue weighted by Crippen LogP contribution is 2.41. The Bertz CT molecular complexity index is 757. The van der Waals surface area contributed by atoms with E-state index in [1.165, 1.54) is 4.90 Å². The summed E-state index contributed by atoms with van der Waals surface area (Å²) < 4.78 is 0. The van der Waals surface area contributed by atoms with Crippen molar-refractivity contribution >= 4 is 17.5 Å². The van der Waals surface area contributed by atoms with E-state index in [4.69, 9.17) is 11.6 Å². The smallest absolute Gasteiger partial charge is 0.230 e. The number of rotatable bonds is 2. The van der Waals surface area contributed by atoms with E-state index in [1.54, 1.807) is 24.3 Å². The van der Waals surface area contributed by atoms with Crippen LogP contribution >= 0.6 is 11.6 Å². The molecule has 2 aromatic carbocycles. The molecule has 0 radical (unpaired) electrons. The summed E-state index contributed by atoms with van der Waals surface area (Å²) in [6.45, 7) is 0. The Morgan fingerprint density at radius 3 is 2.39 bits per heavy atom. The zero-order valence-corrected chi connectivity index (χ0v) is 13.0. The SMILES string of the molecule is N#C[C@@H]1c2ccccc2[C@H](Cl)[C@@H](O)N1C(=O)Cc1ccccc1. The predicted octanol–water partition coefficient (Wildman–Crippen LogP) is 2.93. The molecule has 0 spiro atoms. The van der Waals surface area contributed by atoms with Crippen LogP contribution in [-0.2, 0) is 11.2 Å². The predicted molar refractivity (Wildman–Crippen MR) is 86.4 cm³/mol. The molecule has 1 aliphatic rings. The van der Waals surface area contributed by atoms with Gasteiger partial charge in [0, 0.05) is 0 Å². The number of nitrogens with zero attached hydrogens (tertiary/aromatic N) is 2. The molecule has 0 saturated heterocycles. The second-order valence-electron chi connectivity index (χ2n) is 5.44. The van der Waals surface area contributed by atoms with Gasteiger partial charge in [0.2, 0.25) is 5.91 Å². The molecular formula is C18H15ClN2O2. The molecular weight excluding hydrogens is 312 g/mol. The third-order valence-corrected chi connectivity index (χ3v) is 4.48. The molecule has 0 aromatic heterocycles. The third-order valence-electron chi connectivity index (χ3n) is 4.02. The molecule has 23 heavy (non-hydrogen) atoms. The lowest BCUT2D eigenvalue weighted by molar-refractivity contribution is -0.144. The fraction of sp³-hybridized carbons (Fsp3) is 0.222. The van der Waals surface area contributed by atoms with Crippen LogP contribution in [0.4, 0.5) is 0 Å². The summed E-state index contributed by atoms with van der Waals surface area (Å²) in [5.74, 6) is -0.324. The molecule has 0 fully saturated rings. The second-order valence-corrected chi connectivity index (χ2v) is 5.91. The van der Waals surface area contributed by atoms with Gasteiger partial charge in [-0.2, -0.15) is 5.26 Å². The molecule has 2 aromatic rings. The van der Waals surface area contributed by atoms with Gasteiger partial charge in [-0.3, -0.25) is 9.69 Å². The lowest BCUT2D eigenvalue weighted by Gasteiger charge is -2.40. The van der Waals surface area contributed by atoms with Crippen LogP contribution in [0.25, 0.3) is 0 Å². The summed E-state index contributed by atoms with van der Waals surface area (Å²) in [4.78, 5) is 13.8. The van der Waals surface area contributed by atoms with Crippen molar-refractivity contribution in [2.75, 3.05) is 0 Å². The molecule has 3 rings (SSSR count). The number of nitriles is 1. The minimum Gasteiger partial charge on any atom is -0.372 e. The van der Waals surface area contributed by atoms with Crippen LogP contribution in [0.3, 0.4) is 0 Å². The van der Waals surface area contributed by atoms with Crippen molar-refractivity contribution in [3.8, 4) is 6.07 Å². The second kappa shape index (κ2) is 6.41. The maximum atomic E-state index is 12.7. The largest absolute Gasteiger partial charge is 0.372 e. The van der Waals surface area contributed by atoms with Gasteiger partial charge in [0.1, 0.15) is 11.4 Å². The van der Waals surface area contributed by atoms with Crippen LogP contribution in [0, 0.1) is 11.3 Å². The van der Waals surface area contributed by atoms with E-state index in [2.05, 4.69) is 6.07 Å². The first-order chi connectivity index (χ1) is 11.1.